The molecular weight excluding hydrogens is 342 g/mol. The smallest absolute Gasteiger partial charge is 0.335 e. The Balaban J connectivity index is 2.02. The number of thioether (sulfide) groups is 1. The molecule has 0 saturated heterocycles. The first-order chi connectivity index (χ1) is 11.9. The molecule has 0 aliphatic rings. The molecule has 1 unspecified atom stereocenters. The first-order valence-electron chi connectivity index (χ1n) is 7.80. The summed E-state index contributed by atoms with van der Waals surface area (Å²) in [5.74, 6) is -1.29. The topological polar surface area (TPSA) is 112 Å². The number of amides is 1. The second kappa shape index (κ2) is 8.48. The van der Waals surface area contributed by atoms with E-state index >= 15 is 0 Å². The van der Waals surface area contributed by atoms with Gasteiger partial charge in [0.05, 0.1) is 10.8 Å². The predicted molar refractivity (Wildman–Crippen MR) is 96.2 cm³/mol. The van der Waals surface area contributed by atoms with Gasteiger partial charge < -0.3 is 15.4 Å². The van der Waals surface area contributed by atoms with Gasteiger partial charge in [0.1, 0.15) is 0 Å². The van der Waals surface area contributed by atoms with Crippen molar-refractivity contribution in [2.75, 3.05) is 5.32 Å². The Bertz CT molecular complexity index is 817. The standard InChI is InChI=1S/C17H19N3O4S/c1-3-4-13-9-14(21)20-17(19-13)25-10(2)15(22)18-12-7-5-11(6-8-12)16(23)24/h5-10H,3-4H2,1-2H3,(H,18,22)(H,23,24)(H,19,20,21). The fourth-order valence-electron chi connectivity index (χ4n) is 2.08. The van der Waals surface area contributed by atoms with Crippen LogP contribution in [0.4, 0.5) is 5.69 Å². The van der Waals surface area contributed by atoms with Gasteiger partial charge in [0, 0.05) is 17.4 Å². The minimum absolute atomic E-state index is 0.148. The van der Waals surface area contributed by atoms with E-state index in [2.05, 4.69) is 15.3 Å². The van der Waals surface area contributed by atoms with Crippen LogP contribution >= 0.6 is 11.8 Å². The van der Waals surface area contributed by atoms with Crippen molar-refractivity contribution < 1.29 is 14.7 Å². The third-order valence-electron chi connectivity index (χ3n) is 3.34. The average Bonchev–Trinajstić information content (AvgIpc) is 2.55. The van der Waals surface area contributed by atoms with Gasteiger partial charge in [0.2, 0.25) is 5.91 Å². The lowest BCUT2D eigenvalue weighted by Crippen LogP contribution is -2.23. The maximum atomic E-state index is 12.3. The maximum absolute atomic E-state index is 12.3. The Morgan fingerprint density at radius 3 is 2.60 bits per heavy atom. The lowest BCUT2D eigenvalue weighted by molar-refractivity contribution is -0.115. The van der Waals surface area contributed by atoms with Gasteiger partial charge in [-0.05, 0) is 37.6 Å². The monoisotopic (exact) mass is 361 g/mol. The molecule has 0 aliphatic heterocycles. The van der Waals surface area contributed by atoms with Crippen LogP contribution in [0.3, 0.4) is 0 Å². The van der Waals surface area contributed by atoms with Gasteiger partial charge in [-0.2, -0.15) is 0 Å². The van der Waals surface area contributed by atoms with Crippen molar-refractivity contribution in [3.8, 4) is 0 Å². The Morgan fingerprint density at radius 2 is 2.00 bits per heavy atom. The number of aromatic nitrogens is 2. The maximum Gasteiger partial charge on any atom is 0.335 e. The van der Waals surface area contributed by atoms with Crippen LogP contribution in [0.1, 0.15) is 36.3 Å². The van der Waals surface area contributed by atoms with E-state index < -0.39 is 11.2 Å². The van der Waals surface area contributed by atoms with Crippen molar-refractivity contribution in [3.63, 3.8) is 0 Å². The molecule has 1 aromatic carbocycles. The molecule has 1 heterocycles. The van der Waals surface area contributed by atoms with Crippen LogP contribution in [0.25, 0.3) is 0 Å². The molecule has 8 heteroatoms. The highest BCUT2D eigenvalue weighted by Gasteiger charge is 2.16. The summed E-state index contributed by atoms with van der Waals surface area (Å²) < 4.78 is 0. The number of aryl methyl sites for hydroxylation is 1. The van der Waals surface area contributed by atoms with Gasteiger partial charge in [-0.3, -0.25) is 9.59 Å². The molecule has 0 radical (unpaired) electrons. The second-order valence-corrected chi connectivity index (χ2v) is 6.75. The van der Waals surface area contributed by atoms with Gasteiger partial charge >= 0.3 is 5.97 Å². The Kier molecular flexibility index (Phi) is 6.35. The van der Waals surface area contributed by atoms with E-state index in [-0.39, 0.29) is 17.0 Å². The fourth-order valence-corrected chi connectivity index (χ4v) is 2.91. The van der Waals surface area contributed by atoms with E-state index in [1.807, 2.05) is 6.92 Å². The number of anilines is 1. The van der Waals surface area contributed by atoms with Gasteiger partial charge in [0.25, 0.3) is 5.56 Å². The van der Waals surface area contributed by atoms with Crippen molar-refractivity contribution >= 4 is 29.3 Å². The molecule has 1 amide bonds. The summed E-state index contributed by atoms with van der Waals surface area (Å²) in [6.45, 7) is 3.71. The van der Waals surface area contributed by atoms with Crippen molar-refractivity contribution in [2.24, 2.45) is 0 Å². The van der Waals surface area contributed by atoms with Gasteiger partial charge in [-0.15, -0.1) is 0 Å². The molecule has 0 fully saturated rings. The number of nitrogens with zero attached hydrogens (tertiary/aromatic N) is 1. The average molecular weight is 361 g/mol. The molecule has 1 atom stereocenters. The normalized spacial score (nSPS) is 11.8. The van der Waals surface area contributed by atoms with Gasteiger partial charge in [-0.1, -0.05) is 25.1 Å². The summed E-state index contributed by atoms with van der Waals surface area (Å²) >= 11 is 1.16. The van der Waals surface area contributed by atoms with Crippen molar-refractivity contribution in [2.45, 2.75) is 37.1 Å². The first kappa shape index (κ1) is 18.7. The Morgan fingerprint density at radius 1 is 1.32 bits per heavy atom. The third kappa shape index (κ3) is 5.46. The number of hydrogen-bond donors (Lipinski definition) is 3. The van der Waals surface area contributed by atoms with Crippen LogP contribution < -0.4 is 10.9 Å². The van der Waals surface area contributed by atoms with Crippen LogP contribution in [-0.2, 0) is 11.2 Å². The van der Waals surface area contributed by atoms with E-state index in [0.29, 0.717) is 23.0 Å². The Hall–Kier alpha value is -2.61. The molecule has 132 valence electrons. The molecular formula is C17H19N3O4S. The van der Waals surface area contributed by atoms with E-state index in [9.17, 15) is 14.4 Å². The third-order valence-corrected chi connectivity index (χ3v) is 4.32. The number of carbonyl (C=O) groups is 2. The van der Waals surface area contributed by atoms with Crippen LogP contribution in [0.15, 0.2) is 40.3 Å². The van der Waals surface area contributed by atoms with Gasteiger partial charge in [0.15, 0.2) is 5.16 Å². The highest BCUT2D eigenvalue weighted by Crippen LogP contribution is 2.20. The zero-order valence-corrected chi connectivity index (χ0v) is 14.7. The minimum Gasteiger partial charge on any atom is -0.478 e. The van der Waals surface area contributed by atoms with Crippen LogP contribution in [0.2, 0.25) is 0 Å². The molecule has 0 aliphatic carbocycles. The number of rotatable bonds is 7. The molecule has 2 aromatic rings. The van der Waals surface area contributed by atoms with E-state index in [1.54, 1.807) is 6.92 Å². The highest BCUT2D eigenvalue weighted by molar-refractivity contribution is 8.00. The molecule has 2 rings (SSSR count). The molecule has 3 N–H and O–H groups in total. The number of benzene rings is 1. The van der Waals surface area contributed by atoms with Crippen molar-refractivity contribution in [3.05, 3.63) is 51.9 Å². The van der Waals surface area contributed by atoms with E-state index in [4.69, 9.17) is 5.11 Å². The summed E-state index contributed by atoms with van der Waals surface area (Å²) in [6, 6.07) is 7.36. The Labute approximate surface area is 148 Å². The first-order valence-corrected chi connectivity index (χ1v) is 8.68. The van der Waals surface area contributed by atoms with Crippen molar-refractivity contribution in [1.82, 2.24) is 9.97 Å². The van der Waals surface area contributed by atoms with Crippen LogP contribution in [0, 0.1) is 0 Å². The summed E-state index contributed by atoms with van der Waals surface area (Å²) in [4.78, 5) is 41.7. The lowest BCUT2D eigenvalue weighted by atomic mass is 10.2. The number of aromatic amines is 1. The predicted octanol–water partition coefficient (Wildman–Crippen LogP) is 2.54. The second-order valence-electron chi connectivity index (χ2n) is 5.42. The number of aromatic carboxylic acids is 1. The molecule has 1 aromatic heterocycles. The number of H-pyrrole nitrogens is 1. The molecule has 7 nitrogen and oxygen atoms in total. The fraction of sp³-hybridized carbons (Fsp3) is 0.294. The molecule has 25 heavy (non-hydrogen) atoms. The number of hydrogen-bond acceptors (Lipinski definition) is 5. The van der Waals surface area contributed by atoms with Gasteiger partial charge in [-0.25, -0.2) is 9.78 Å². The summed E-state index contributed by atoms with van der Waals surface area (Å²) in [7, 11) is 0. The van der Waals surface area contributed by atoms with Crippen LogP contribution in [-0.4, -0.2) is 32.2 Å². The van der Waals surface area contributed by atoms with E-state index in [0.717, 1.165) is 18.2 Å². The van der Waals surface area contributed by atoms with Crippen molar-refractivity contribution in [1.29, 1.82) is 0 Å². The zero-order chi connectivity index (χ0) is 18.4. The molecule has 0 saturated carbocycles. The summed E-state index contributed by atoms with van der Waals surface area (Å²) in [5.41, 5.74) is 1.11. The minimum atomic E-state index is -1.02. The largest absolute Gasteiger partial charge is 0.478 e. The number of carbonyl (C=O) groups excluding carboxylic acids is 1. The van der Waals surface area contributed by atoms with Crippen LogP contribution in [0.5, 0.6) is 0 Å². The molecule has 0 spiro atoms. The number of carboxylic acid groups (broad SMARTS) is 1. The highest BCUT2D eigenvalue weighted by atomic mass is 32.2. The quantitative estimate of drug-likeness (QED) is 0.516. The molecule has 0 bridgehead atoms. The zero-order valence-electron chi connectivity index (χ0n) is 13.9. The number of nitrogens with one attached hydrogen (secondary N) is 2. The van der Waals surface area contributed by atoms with E-state index in [1.165, 1.54) is 30.3 Å². The summed E-state index contributed by atoms with van der Waals surface area (Å²) in [5, 5.41) is 11.5. The number of carboxylic acids is 1. The SMILES string of the molecule is CCCc1cc(=O)[nH]c(SC(C)C(=O)Nc2ccc(C(=O)O)cc2)n1. The summed E-state index contributed by atoms with van der Waals surface area (Å²) in [6.07, 6.45) is 1.58. The lowest BCUT2D eigenvalue weighted by Gasteiger charge is -2.12.